The molecule has 1 fully saturated rings. The number of amides is 1. The van der Waals surface area contributed by atoms with E-state index in [0.29, 0.717) is 38.4 Å². The molecule has 1 aliphatic heterocycles. The van der Waals surface area contributed by atoms with E-state index in [2.05, 4.69) is 0 Å². The molecule has 12 heteroatoms. The lowest BCUT2D eigenvalue weighted by molar-refractivity contribution is -0.175. The van der Waals surface area contributed by atoms with E-state index in [1.807, 2.05) is 4.90 Å². The fourth-order valence-electron chi connectivity index (χ4n) is 6.36. The van der Waals surface area contributed by atoms with Gasteiger partial charge < -0.3 is 35.6 Å². The van der Waals surface area contributed by atoms with Gasteiger partial charge in [0.25, 0.3) is 5.91 Å². The Kier molecular flexibility index (Phi) is 6.73. The third kappa shape index (κ3) is 4.10. The molecular formula is C27H30N2O10. The van der Waals surface area contributed by atoms with Crippen LogP contribution in [-0.2, 0) is 23.9 Å². The molecule has 0 unspecified atom stereocenters. The predicted octanol–water partition coefficient (Wildman–Crippen LogP) is 0.386. The number of hydrogen-bond acceptors (Lipinski definition) is 11. The van der Waals surface area contributed by atoms with Gasteiger partial charge in [0.1, 0.15) is 28.9 Å². The fourth-order valence-corrected chi connectivity index (χ4v) is 6.36. The number of esters is 1. The van der Waals surface area contributed by atoms with E-state index >= 15 is 0 Å². The molecule has 1 amide bonds. The number of ether oxygens (including phenoxy) is 2. The summed E-state index contributed by atoms with van der Waals surface area (Å²) in [7, 11) is 0. The van der Waals surface area contributed by atoms with Crippen molar-refractivity contribution >= 4 is 23.4 Å². The minimum absolute atomic E-state index is 0.0403. The number of phenolic OH excluding ortho intramolecular Hbond substituents is 1. The Labute approximate surface area is 223 Å². The number of fused-ring (bicyclic) bond motifs is 3. The Morgan fingerprint density at radius 2 is 1.87 bits per heavy atom. The maximum Gasteiger partial charge on any atom is 0.307 e. The molecule has 0 radical (unpaired) electrons. The number of primary amides is 1. The highest BCUT2D eigenvalue weighted by Gasteiger charge is 2.65. The number of morpholine rings is 1. The van der Waals surface area contributed by atoms with Gasteiger partial charge in [-0.3, -0.25) is 24.1 Å². The van der Waals surface area contributed by atoms with E-state index in [4.69, 9.17) is 15.2 Å². The minimum atomic E-state index is -2.88. The van der Waals surface area contributed by atoms with Crippen molar-refractivity contribution in [2.24, 2.45) is 17.6 Å². The number of nitrogens with two attached hydrogens (primary N) is 1. The summed E-state index contributed by atoms with van der Waals surface area (Å²) in [4.78, 5) is 54.2. The van der Waals surface area contributed by atoms with Crippen LogP contribution in [0.25, 0.3) is 0 Å². The van der Waals surface area contributed by atoms with Crippen molar-refractivity contribution in [2.75, 3.05) is 32.8 Å². The number of allylic oxidation sites excluding steroid dienone is 1. The highest BCUT2D eigenvalue weighted by atomic mass is 16.5. The summed E-state index contributed by atoms with van der Waals surface area (Å²) in [5.41, 5.74) is 1.41. The SMILES string of the molecule is C[C@H]1c2cccc(O)c2C(=O)C2=C(O)[C@]3(O)C(=O)C(C(N)=O)=C(O)C[C@@H]3[C@@H](OC(=O)CCN3CCOCC3)[C@@H]21. The number of hydrogen-bond donors (Lipinski definition) is 5. The maximum absolute atomic E-state index is 13.7. The molecule has 0 bridgehead atoms. The van der Waals surface area contributed by atoms with Gasteiger partial charge in [-0.15, -0.1) is 0 Å². The first-order valence-electron chi connectivity index (χ1n) is 12.8. The molecule has 3 aliphatic carbocycles. The van der Waals surface area contributed by atoms with Crippen LogP contribution in [0, 0.1) is 11.8 Å². The Bertz CT molecular complexity index is 1330. The zero-order chi connectivity index (χ0) is 28.2. The molecule has 4 aliphatic rings. The third-order valence-corrected chi connectivity index (χ3v) is 8.34. The second kappa shape index (κ2) is 9.78. The summed E-state index contributed by atoms with van der Waals surface area (Å²) in [5, 5.41) is 44.1. The first kappa shape index (κ1) is 26.9. The van der Waals surface area contributed by atoms with Crippen molar-refractivity contribution in [2.45, 2.75) is 37.4 Å². The first-order valence-corrected chi connectivity index (χ1v) is 12.8. The number of Topliss-reactive ketones (excluding diaryl/α,β-unsaturated/α-hetero) is 2. The minimum Gasteiger partial charge on any atom is -0.511 e. The van der Waals surface area contributed by atoms with Crippen molar-refractivity contribution in [3.8, 4) is 5.75 Å². The van der Waals surface area contributed by atoms with E-state index in [0.717, 1.165) is 0 Å². The predicted molar refractivity (Wildman–Crippen MR) is 133 cm³/mol. The summed E-state index contributed by atoms with van der Waals surface area (Å²) in [6.07, 6.45) is -1.92. The van der Waals surface area contributed by atoms with Crippen LogP contribution >= 0.6 is 0 Å². The topological polar surface area (TPSA) is 197 Å². The largest absolute Gasteiger partial charge is 0.511 e. The lowest BCUT2D eigenvalue weighted by Gasteiger charge is -2.51. The van der Waals surface area contributed by atoms with Crippen LogP contribution in [0.15, 0.2) is 40.9 Å². The Morgan fingerprint density at radius 1 is 1.18 bits per heavy atom. The number of benzene rings is 1. The summed E-state index contributed by atoms with van der Waals surface area (Å²) >= 11 is 0. The molecule has 0 saturated carbocycles. The van der Waals surface area contributed by atoms with Gasteiger partial charge in [-0.05, 0) is 17.5 Å². The van der Waals surface area contributed by atoms with Crippen molar-refractivity contribution in [3.05, 3.63) is 52.0 Å². The monoisotopic (exact) mass is 542 g/mol. The van der Waals surface area contributed by atoms with Gasteiger partial charge in [0, 0.05) is 43.5 Å². The highest BCUT2D eigenvalue weighted by molar-refractivity contribution is 6.24. The van der Waals surface area contributed by atoms with Gasteiger partial charge in [0.2, 0.25) is 5.78 Å². The number of carbonyl (C=O) groups excluding carboxylic acids is 4. The second-order valence-electron chi connectivity index (χ2n) is 10.4. The van der Waals surface area contributed by atoms with Gasteiger partial charge in [-0.1, -0.05) is 19.1 Å². The standard InChI is InChI=1S/C27H30N2O10/c1-12-13-3-2-4-15(30)19(13)22(33)21-18(12)23(39-17(32)5-6-29-7-9-38-10-8-29)14-11-16(31)20(26(28)36)24(34)27(14,37)25(21)35/h2-4,12,14,18,23,30-31,35,37H,5-11H2,1H3,(H2,28,36)/t12-,14+,18+,23+,27+/m0/s1. The van der Waals surface area contributed by atoms with Crippen molar-refractivity contribution < 1.29 is 49.1 Å². The second-order valence-corrected chi connectivity index (χ2v) is 10.4. The van der Waals surface area contributed by atoms with Crippen LogP contribution < -0.4 is 5.73 Å². The number of aliphatic hydroxyl groups is 3. The van der Waals surface area contributed by atoms with Crippen LogP contribution in [0.4, 0.5) is 0 Å². The van der Waals surface area contributed by atoms with Crippen molar-refractivity contribution in [1.29, 1.82) is 0 Å². The van der Waals surface area contributed by atoms with E-state index < -0.39 is 82.0 Å². The van der Waals surface area contributed by atoms with Crippen LogP contribution in [-0.4, -0.2) is 93.3 Å². The molecule has 12 nitrogen and oxygen atoms in total. The van der Waals surface area contributed by atoms with Gasteiger partial charge in [0.05, 0.1) is 25.2 Å². The molecule has 0 aromatic heterocycles. The Balaban J connectivity index is 1.60. The van der Waals surface area contributed by atoms with Crippen molar-refractivity contribution in [3.63, 3.8) is 0 Å². The number of rotatable bonds is 5. The number of nitrogens with zero attached hydrogens (tertiary/aromatic N) is 1. The van der Waals surface area contributed by atoms with Crippen molar-refractivity contribution in [1.82, 2.24) is 4.90 Å². The fraction of sp³-hybridized carbons (Fsp3) is 0.481. The van der Waals surface area contributed by atoms with Gasteiger partial charge in [-0.2, -0.15) is 0 Å². The molecular weight excluding hydrogens is 512 g/mol. The quantitative estimate of drug-likeness (QED) is 0.255. The molecule has 208 valence electrons. The maximum atomic E-state index is 13.7. The summed E-state index contributed by atoms with van der Waals surface area (Å²) in [6, 6.07) is 4.47. The third-order valence-electron chi connectivity index (χ3n) is 8.34. The number of aromatic hydroxyl groups is 1. The zero-order valence-electron chi connectivity index (χ0n) is 21.3. The molecule has 39 heavy (non-hydrogen) atoms. The van der Waals surface area contributed by atoms with Crippen LogP contribution in [0.3, 0.4) is 0 Å². The summed E-state index contributed by atoms with van der Waals surface area (Å²) in [5.74, 6) is -9.41. The van der Waals surface area contributed by atoms with E-state index in [-0.39, 0.29) is 17.7 Å². The lowest BCUT2D eigenvalue weighted by atomic mass is 9.56. The average Bonchev–Trinajstić information content (AvgIpc) is 2.89. The average molecular weight is 543 g/mol. The molecule has 1 aromatic rings. The van der Waals surface area contributed by atoms with Crippen LogP contribution in [0.2, 0.25) is 0 Å². The zero-order valence-corrected chi connectivity index (χ0v) is 21.3. The Hall–Kier alpha value is -3.74. The molecule has 6 N–H and O–H groups in total. The van der Waals surface area contributed by atoms with Crippen LogP contribution in [0.1, 0.15) is 41.6 Å². The lowest BCUT2D eigenvalue weighted by Crippen LogP contribution is -2.63. The number of carbonyl (C=O) groups is 4. The number of phenols is 1. The first-order chi connectivity index (χ1) is 18.5. The smallest absolute Gasteiger partial charge is 0.307 e. The van der Waals surface area contributed by atoms with Gasteiger partial charge in [-0.25, -0.2) is 0 Å². The molecule has 1 aromatic carbocycles. The van der Waals surface area contributed by atoms with E-state index in [1.165, 1.54) is 6.07 Å². The van der Waals surface area contributed by atoms with Gasteiger partial charge in [0.15, 0.2) is 11.4 Å². The number of aliphatic hydroxyl groups excluding tert-OH is 2. The number of ketones is 2. The van der Waals surface area contributed by atoms with Gasteiger partial charge >= 0.3 is 5.97 Å². The molecule has 1 heterocycles. The van der Waals surface area contributed by atoms with E-state index in [9.17, 15) is 39.6 Å². The van der Waals surface area contributed by atoms with E-state index in [1.54, 1.807) is 19.1 Å². The highest BCUT2D eigenvalue weighted by Crippen LogP contribution is 2.55. The Morgan fingerprint density at radius 3 is 2.54 bits per heavy atom. The normalized spacial score (nSPS) is 30.9. The molecule has 0 spiro atoms. The molecule has 5 rings (SSSR count). The summed E-state index contributed by atoms with van der Waals surface area (Å²) in [6.45, 7) is 4.41. The van der Waals surface area contributed by atoms with Crippen LogP contribution in [0.5, 0.6) is 5.75 Å². The molecule has 1 saturated heterocycles. The molecule has 5 atom stereocenters. The summed E-state index contributed by atoms with van der Waals surface area (Å²) < 4.78 is 11.2.